The number of aromatic nitrogens is 1. The van der Waals surface area contributed by atoms with Crippen molar-refractivity contribution in [2.75, 3.05) is 0 Å². The van der Waals surface area contributed by atoms with Crippen molar-refractivity contribution in [3.05, 3.63) is 94.8 Å². The lowest BCUT2D eigenvalue weighted by Gasteiger charge is -2.10. The summed E-state index contributed by atoms with van der Waals surface area (Å²) in [7, 11) is 0. The molecule has 4 aromatic rings. The van der Waals surface area contributed by atoms with Crippen LogP contribution in [0.15, 0.2) is 78.9 Å². The summed E-state index contributed by atoms with van der Waals surface area (Å²) in [5.74, 6) is -0.312. The highest BCUT2D eigenvalue weighted by Crippen LogP contribution is 2.33. The van der Waals surface area contributed by atoms with Gasteiger partial charge in [-0.25, -0.2) is 9.37 Å². The first-order chi connectivity index (χ1) is 12.6. The molecule has 0 radical (unpaired) electrons. The average molecular weight is 381 g/mol. The van der Waals surface area contributed by atoms with Crippen LogP contribution < -0.4 is 0 Å². The lowest BCUT2D eigenvalue weighted by molar-refractivity contribution is -0.384. The maximum atomic E-state index is 13.2. The monoisotopic (exact) mass is 380 g/mol. The molecule has 0 aliphatic heterocycles. The van der Waals surface area contributed by atoms with Crippen LogP contribution in [0, 0.1) is 15.9 Å². The van der Waals surface area contributed by atoms with Crippen molar-refractivity contribution >= 4 is 29.0 Å². The molecular formula is C21H14ClFN2O2. The molecule has 0 spiro atoms. The summed E-state index contributed by atoms with van der Waals surface area (Å²) in [6, 6.07) is 22.3. The average Bonchev–Trinajstić information content (AvgIpc) is 2.68. The van der Waals surface area contributed by atoms with E-state index in [-0.39, 0.29) is 23.9 Å². The van der Waals surface area contributed by atoms with Gasteiger partial charge < -0.3 is 0 Å². The van der Waals surface area contributed by atoms with Gasteiger partial charge in [-0.05, 0) is 47.5 Å². The van der Waals surface area contributed by atoms with Crippen LogP contribution in [0.4, 0.5) is 10.1 Å². The van der Waals surface area contributed by atoms with E-state index >= 15 is 0 Å². The van der Waals surface area contributed by atoms with Gasteiger partial charge in [0.1, 0.15) is 5.82 Å². The molecule has 3 aromatic carbocycles. The smallest absolute Gasteiger partial charge is 0.258 e. The van der Waals surface area contributed by atoms with Gasteiger partial charge in [0.15, 0.2) is 0 Å². The van der Waals surface area contributed by atoms with Gasteiger partial charge in [0.2, 0.25) is 0 Å². The molecule has 0 bridgehead atoms. The maximum absolute atomic E-state index is 13.2. The SMILES string of the molecule is Cl.O=[N+]([O-])c1ccc2nc(-c3ccc(F)cc3)cc(-c3ccccc3)c2c1. The van der Waals surface area contributed by atoms with Crippen LogP contribution in [0.5, 0.6) is 0 Å². The molecule has 27 heavy (non-hydrogen) atoms. The summed E-state index contributed by atoms with van der Waals surface area (Å²) in [6.07, 6.45) is 0. The molecule has 0 N–H and O–H groups in total. The lowest BCUT2D eigenvalue weighted by Crippen LogP contribution is -1.93. The fourth-order valence-corrected chi connectivity index (χ4v) is 2.95. The predicted octanol–water partition coefficient (Wildman–Crippen LogP) is 6.04. The van der Waals surface area contributed by atoms with E-state index in [1.165, 1.54) is 18.2 Å². The summed E-state index contributed by atoms with van der Waals surface area (Å²) in [5.41, 5.74) is 3.92. The van der Waals surface area contributed by atoms with E-state index in [4.69, 9.17) is 0 Å². The molecule has 1 aromatic heterocycles. The van der Waals surface area contributed by atoms with Crippen LogP contribution in [0.1, 0.15) is 0 Å². The number of hydrogen-bond donors (Lipinski definition) is 0. The minimum absolute atomic E-state index is 0. The molecule has 6 heteroatoms. The first-order valence-corrected chi connectivity index (χ1v) is 8.02. The summed E-state index contributed by atoms with van der Waals surface area (Å²) in [5, 5.41) is 11.9. The Hall–Kier alpha value is -3.31. The van der Waals surface area contributed by atoms with Crippen LogP contribution >= 0.6 is 12.4 Å². The van der Waals surface area contributed by atoms with Crippen molar-refractivity contribution in [2.24, 2.45) is 0 Å². The molecule has 0 atom stereocenters. The van der Waals surface area contributed by atoms with E-state index in [1.54, 1.807) is 24.3 Å². The quantitative estimate of drug-likeness (QED) is 0.321. The molecule has 0 unspecified atom stereocenters. The predicted molar refractivity (Wildman–Crippen MR) is 106 cm³/mol. The number of benzene rings is 3. The highest BCUT2D eigenvalue weighted by molar-refractivity contribution is 5.97. The van der Waals surface area contributed by atoms with Crippen molar-refractivity contribution in [1.82, 2.24) is 4.98 Å². The second-order valence-electron chi connectivity index (χ2n) is 5.89. The van der Waals surface area contributed by atoms with E-state index in [1.807, 2.05) is 36.4 Å². The molecule has 0 aliphatic carbocycles. The third-order valence-electron chi connectivity index (χ3n) is 4.23. The molecule has 4 rings (SSSR count). The molecule has 0 saturated heterocycles. The third kappa shape index (κ3) is 3.64. The standard InChI is InChI=1S/C21H13FN2O2.ClH/c22-16-8-6-15(7-9-16)21-13-18(14-4-2-1-3-5-14)19-12-17(24(25)26)10-11-20(19)23-21;/h1-13H;1H. The lowest BCUT2D eigenvalue weighted by atomic mass is 9.98. The fraction of sp³-hybridized carbons (Fsp3) is 0. The van der Waals surface area contributed by atoms with E-state index in [9.17, 15) is 14.5 Å². The van der Waals surface area contributed by atoms with Crippen molar-refractivity contribution in [3.8, 4) is 22.4 Å². The van der Waals surface area contributed by atoms with Crippen LogP contribution in [0.2, 0.25) is 0 Å². The molecule has 0 saturated carbocycles. The van der Waals surface area contributed by atoms with Crippen LogP contribution in [-0.2, 0) is 0 Å². The van der Waals surface area contributed by atoms with E-state index in [2.05, 4.69) is 4.98 Å². The van der Waals surface area contributed by atoms with Crippen molar-refractivity contribution < 1.29 is 9.31 Å². The van der Waals surface area contributed by atoms with E-state index in [0.29, 0.717) is 16.6 Å². The Morgan fingerprint density at radius 3 is 2.22 bits per heavy atom. The van der Waals surface area contributed by atoms with Crippen molar-refractivity contribution in [1.29, 1.82) is 0 Å². The number of non-ortho nitro benzene ring substituents is 1. The molecule has 0 aliphatic rings. The Morgan fingerprint density at radius 2 is 1.56 bits per heavy atom. The number of fused-ring (bicyclic) bond motifs is 1. The van der Waals surface area contributed by atoms with Crippen LogP contribution in [0.25, 0.3) is 33.3 Å². The van der Waals surface area contributed by atoms with Crippen LogP contribution in [0.3, 0.4) is 0 Å². The number of pyridine rings is 1. The number of nitro benzene ring substituents is 1. The van der Waals surface area contributed by atoms with E-state index in [0.717, 1.165) is 16.7 Å². The summed E-state index contributed by atoms with van der Waals surface area (Å²) < 4.78 is 13.2. The van der Waals surface area contributed by atoms with Crippen LogP contribution in [-0.4, -0.2) is 9.91 Å². The van der Waals surface area contributed by atoms with Crippen molar-refractivity contribution in [3.63, 3.8) is 0 Å². The summed E-state index contributed by atoms with van der Waals surface area (Å²) in [4.78, 5) is 15.4. The molecule has 1 heterocycles. The van der Waals surface area contributed by atoms with Gasteiger partial charge in [0, 0.05) is 23.1 Å². The second kappa shape index (κ2) is 7.51. The Labute approximate surface area is 160 Å². The molecule has 134 valence electrons. The maximum Gasteiger partial charge on any atom is 0.270 e. The van der Waals surface area contributed by atoms with E-state index < -0.39 is 4.92 Å². The topological polar surface area (TPSA) is 56.0 Å². The zero-order chi connectivity index (χ0) is 18.1. The Balaban J connectivity index is 0.00000210. The summed E-state index contributed by atoms with van der Waals surface area (Å²) >= 11 is 0. The van der Waals surface area contributed by atoms with Gasteiger partial charge in [0.05, 0.1) is 16.1 Å². The van der Waals surface area contributed by atoms with Gasteiger partial charge in [-0.3, -0.25) is 10.1 Å². The van der Waals surface area contributed by atoms with Gasteiger partial charge in [-0.2, -0.15) is 0 Å². The summed E-state index contributed by atoms with van der Waals surface area (Å²) in [6.45, 7) is 0. The number of halogens is 2. The molecule has 0 amide bonds. The zero-order valence-corrected chi connectivity index (χ0v) is 14.8. The third-order valence-corrected chi connectivity index (χ3v) is 4.23. The molecule has 0 fully saturated rings. The first kappa shape index (κ1) is 18.5. The molecular weight excluding hydrogens is 367 g/mol. The Morgan fingerprint density at radius 1 is 0.852 bits per heavy atom. The number of nitrogens with zero attached hydrogens (tertiary/aromatic N) is 2. The Bertz CT molecular complexity index is 1120. The minimum atomic E-state index is -0.415. The molecule has 4 nitrogen and oxygen atoms in total. The second-order valence-corrected chi connectivity index (χ2v) is 5.89. The normalized spacial score (nSPS) is 10.4. The number of nitro groups is 1. The van der Waals surface area contributed by atoms with Crippen molar-refractivity contribution in [2.45, 2.75) is 0 Å². The van der Waals surface area contributed by atoms with Gasteiger partial charge in [-0.1, -0.05) is 30.3 Å². The number of hydrogen-bond acceptors (Lipinski definition) is 3. The largest absolute Gasteiger partial charge is 0.270 e. The zero-order valence-electron chi connectivity index (χ0n) is 14.0. The number of rotatable bonds is 3. The first-order valence-electron chi connectivity index (χ1n) is 8.02. The minimum Gasteiger partial charge on any atom is -0.258 e. The highest BCUT2D eigenvalue weighted by Gasteiger charge is 2.13. The fourth-order valence-electron chi connectivity index (χ4n) is 2.95. The highest BCUT2D eigenvalue weighted by atomic mass is 35.5. The van der Waals surface area contributed by atoms with Gasteiger partial charge in [-0.15, -0.1) is 12.4 Å². The van der Waals surface area contributed by atoms with Gasteiger partial charge in [0.25, 0.3) is 5.69 Å². The Kier molecular flexibility index (Phi) is 5.14. The van der Waals surface area contributed by atoms with Gasteiger partial charge >= 0.3 is 0 Å².